The number of carbonyl (C=O) groups is 1. The molecular formula is C13H20N2O. The molecule has 0 heterocycles. The van der Waals surface area contributed by atoms with Gasteiger partial charge in [-0.15, -0.1) is 0 Å². The third-order valence-corrected chi connectivity index (χ3v) is 2.03. The Kier molecular flexibility index (Phi) is 3.70. The third kappa shape index (κ3) is 4.03. The van der Waals surface area contributed by atoms with Gasteiger partial charge in [0.05, 0.1) is 0 Å². The highest BCUT2D eigenvalue weighted by Gasteiger charge is 2.12. The van der Waals surface area contributed by atoms with Gasteiger partial charge in [0.2, 0.25) is 0 Å². The molecule has 0 saturated heterocycles. The summed E-state index contributed by atoms with van der Waals surface area (Å²) in [6.07, 6.45) is 0. The van der Waals surface area contributed by atoms with Gasteiger partial charge >= 0.3 is 0 Å². The van der Waals surface area contributed by atoms with E-state index < -0.39 is 0 Å². The van der Waals surface area contributed by atoms with Crippen molar-refractivity contribution < 1.29 is 4.79 Å². The predicted molar refractivity (Wildman–Crippen MR) is 66.3 cm³/mol. The molecule has 16 heavy (non-hydrogen) atoms. The first-order chi connectivity index (χ1) is 7.28. The fourth-order valence-corrected chi connectivity index (χ4v) is 1.42. The maximum Gasteiger partial charge on any atom is 0.265 e. The number of rotatable bonds is 2. The molecule has 3 heteroatoms. The first-order valence-corrected chi connectivity index (χ1v) is 5.44. The molecule has 0 bridgehead atoms. The number of benzene rings is 1. The molecule has 0 atom stereocenters. The first kappa shape index (κ1) is 12.7. The molecule has 1 rings (SSSR count). The molecular weight excluding hydrogens is 200 g/mol. The van der Waals surface area contributed by atoms with E-state index in [0.29, 0.717) is 5.56 Å². The Bertz CT molecular complexity index is 371. The maximum absolute atomic E-state index is 11.8. The van der Waals surface area contributed by atoms with Crippen LogP contribution in [-0.2, 0) is 0 Å². The number of hydrogen-bond acceptors (Lipinski definition) is 2. The highest BCUT2D eigenvalue weighted by molar-refractivity contribution is 5.94. The van der Waals surface area contributed by atoms with Crippen molar-refractivity contribution in [2.75, 3.05) is 0 Å². The zero-order valence-corrected chi connectivity index (χ0v) is 10.6. The molecule has 0 aromatic heterocycles. The summed E-state index contributed by atoms with van der Waals surface area (Å²) in [7, 11) is 0. The first-order valence-electron chi connectivity index (χ1n) is 5.44. The number of hydrazine groups is 1. The summed E-state index contributed by atoms with van der Waals surface area (Å²) in [5.74, 6) is -0.0956. The van der Waals surface area contributed by atoms with Crippen LogP contribution in [-0.4, -0.2) is 11.4 Å². The second-order valence-electron chi connectivity index (χ2n) is 5.21. The minimum Gasteiger partial charge on any atom is -0.287 e. The molecule has 88 valence electrons. The van der Waals surface area contributed by atoms with Crippen LogP contribution in [0.5, 0.6) is 0 Å². The van der Waals surface area contributed by atoms with Gasteiger partial charge in [-0.05, 0) is 46.8 Å². The van der Waals surface area contributed by atoms with Crippen LogP contribution < -0.4 is 10.9 Å². The molecule has 1 amide bonds. The summed E-state index contributed by atoms with van der Waals surface area (Å²) < 4.78 is 0. The highest BCUT2D eigenvalue weighted by Crippen LogP contribution is 2.08. The molecule has 0 aliphatic rings. The highest BCUT2D eigenvalue weighted by atomic mass is 16.2. The van der Waals surface area contributed by atoms with Crippen LogP contribution in [0.2, 0.25) is 0 Å². The van der Waals surface area contributed by atoms with Gasteiger partial charge in [0.1, 0.15) is 0 Å². The molecule has 1 aromatic carbocycles. The number of amides is 1. The summed E-state index contributed by atoms with van der Waals surface area (Å²) in [5, 5.41) is 0. The van der Waals surface area contributed by atoms with E-state index in [1.165, 1.54) is 0 Å². The Hall–Kier alpha value is -1.35. The van der Waals surface area contributed by atoms with Gasteiger partial charge in [0, 0.05) is 11.1 Å². The molecule has 0 radical (unpaired) electrons. The van der Waals surface area contributed by atoms with Gasteiger partial charge < -0.3 is 0 Å². The zero-order valence-electron chi connectivity index (χ0n) is 10.6. The number of aryl methyl sites for hydroxylation is 2. The van der Waals surface area contributed by atoms with Crippen LogP contribution in [0.15, 0.2) is 18.2 Å². The Morgan fingerprint density at radius 2 is 1.56 bits per heavy atom. The molecule has 0 aliphatic carbocycles. The van der Waals surface area contributed by atoms with Gasteiger partial charge in [-0.2, -0.15) is 0 Å². The van der Waals surface area contributed by atoms with E-state index in [-0.39, 0.29) is 11.4 Å². The summed E-state index contributed by atoms with van der Waals surface area (Å²) >= 11 is 0. The quantitative estimate of drug-likeness (QED) is 0.751. The lowest BCUT2D eigenvalue weighted by molar-refractivity contribution is 0.0914. The fourth-order valence-electron chi connectivity index (χ4n) is 1.42. The molecule has 1 aromatic rings. The predicted octanol–water partition coefficient (Wildman–Crippen LogP) is 2.34. The summed E-state index contributed by atoms with van der Waals surface area (Å²) in [6.45, 7) is 9.96. The monoisotopic (exact) mass is 220 g/mol. The minimum absolute atomic E-state index is 0.0956. The second-order valence-corrected chi connectivity index (χ2v) is 5.21. The maximum atomic E-state index is 11.8. The summed E-state index contributed by atoms with van der Waals surface area (Å²) in [4.78, 5) is 11.8. The number of hydrogen-bond donors (Lipinski definition) is 2. The van der Waals surface area contributed by atoms with Gasteiger partial charge in [-0.25, -0.2) is 5.43 Å². The largest absolute Gasteiger partial charge is 0.287 e. The van der Waals surface area contributed by atoms with Crippen molar-refractivity contribution >= 4 is 5.91 Å². The van der Waals surface area contributed by atoms with Crippen LogP contribution >= 0.6 is 0 Å². The van der Waals surface area contributed by atoms with E-state index in [1.54, 1.807) is 0 Å². The molecule has 0 spiro atoms. The van der Waals surface area contributed by atoms with Crippen molar-refractivity contribution in [3.8, 4) is 0 Å². The molecule has 0 aliphatic heterocycles. The average molecular weight is 220 g/mol. The normalized spacial score (nSPS) is 11.3. The molecule has 0 saturated carbocycles. The van der Waals surface area contributed by atoms with Crippen LogP contribution in [0, 0.1) is 13.8 Å². The molecule has 2 N–H and O–H groups in total. The van der Waals surface area contributed by atoms with Crippen LogP contribution in [0.25, 0.3) is 0 Å². The molecule has 3 nitrogen and oxygen atoms in total. The van der Waals surface area contributed by atoms with Gasteiger partial charge in [-0.1, -0.05) is 17.2 Å². The van der Waals surface area contributed by atoms with E-state index in [1.807, 2.05) is 52.8 Å². The van der Waals surface area contributed by atoms with E-state index in [4.69, 9.17) is 0 Å². The van der Waals surface area contributed by atoms with Crippen LogP contribution in [0.3, 0.4) is 0 Å². The average Bonchev–Trinajstić information content (AvgIpc) is 2.11. The van der Waals surface area contributed by atoms with E-state index >= 15 is 0 Å². The minimum atomic E-state index is -0.130. The standard InChI is InChI=1S/C13H20N2O/c1-9-6-10(2)8-11(7-9)12(16)14-15-13(3,4)5/h6-8,15H,1-5H3,(H,14,16). The van der Waals surface area contributed by atoms with E-state index in [0.717, 1.165) is 11.1 Å². The van der Waals surface area contributed by atoms with Crippen molar-refractivity contribution in [1.82, 2.24) is 10.9 Å². The summed E-state index contributed by atoms with van der Waals surface area (Å²) in [6, 6.07) is 5.81. The molecule has 0 fully saturated rings. The smallest absolute Gasteiger partial charge is 0.265 e. The van der Waals surface area contributed by atoms with Crippen molar-refractivity contribution in [2.24, 2.45) is 0 Å². The number of carbonyl (C=O) groups excluding carboxylic acids is 1. The number of nitrogens with one attached hydrogen (secondary N) is 2. The van der Waals surface area contributed by atoms with E-state index in [9.17, 15) is 4.79 Å². The molecule has 0 unspecified atom stereocenters. The Labute approximate surface area is 97.2 Å². The summed E-state index contributed by atoms with van der Waals surface area (Å²) in [5.41, 5.74) is 8.42. The van der Waals surface area contributed by atoms with Gasteiger partial charge in [0.15, 0.2) is 0 Å². The Balaban J connectivity index is 2.73. The zero-order chi connectivity index (χ0) is 12.3. The second kappa shape index (κ2) is 4.66. The van der Waals surface area contributed by atoms with Gasteiger partial charge in [-0.3, -0.25) is 10.2 Å². The lowest BCUT2D eigenvalue weighted by Gasteiger charge is -2.21. The van der Waals surface area contributed by atoms with Crippen molar-refractivity contribution in [3.05, 3.63) is 34.9 Å². The fraction of sp³-hybridized carbons (Fsp3) is 0.462. The lowest BCUT2D eigenvalue weighted by atomic mass is 10.1. The van der Waals surface area contributed by atoms with Crippen molar-refractivity contribution in [3.63, 3.8) is 0 Å². The third-order valence-electron chi connectivity index (χ3n) is 2.03. The topological polar surface area (TPSA) is 41.1 Å². The Morgan fingerprint density at radius 1 is 1.06 bits per heavy atom. The van der Waals surface area contributed by atoms with Crippen molar-refractivity contribution in [2.45, 2.75) is 40.2 Å². The van der Waals surface area contributed by atoms with Gasteiger partial charge in [0.25, 0.3) is 5.91 Å². The van der Waals surface area contributed by atoms with Crippen LogP contribution in [0.1, 0.15) is 42.3 Å². The van der Waals surface area contributed by atoms with E-state index in [2.05, 4.69) is 10.9 Å². The Morgan fingerprint density at radius 3 is 2.00 bits per heavy atom. The van der Waals surface area contributed by atoms with Crippen molar-refractivity contribution in [1.29, 1.82) is 0 Å². The van der Waals surface area contributed by atoms with Crippen LogP contribution in [0.4, 0.5) is 0 Å². The SMILES string of the molecule is Cc1cc(C)cc(C(=O)NNC(C)(C)C)c1. The lowest BCUT2D eigenvalue weighted by Crippen LogP contribution is -2.48.